The van der Waals surface area contributed by atoms with E-state index in [0.29, 0.717) is 12.9 Å². The third-order valence-electron chi connectivity index (χ3n) is 2.38. The van der Waals surface area contributed by atoms with Gasteiger partial charge >= 0.3 is 0 Å². The molecule has 0 N–H and O–H groups in total. The summed E-state index contributed by atoms with van der Waals surface area (Å²) in [6.45, 7) is 0.362. The van der Waals surface area contributed by atoms with Crippen molar-refractivity contribution in [2.75, 3.05) is 6.79 Å². The number of hydrogen-bond acceptors (Lipinski definition) is 2. The molecule has 0 heterocycles. The van der Waals surface area contributed by atoms with E-state index < -0.39 is 0 Å². The molecule has 1 aliphatic rings. The summed E-state index contributed by atoms with van der Waals surface area (Å²) < 4.78 is 12.0. The van der Waals surface area contributed by atoms with E-state index in [0.717, 1.165) is 10.2 Å². The van der Waals surface area contributed by atoms with Gasteiger partial charge in [-0.2, -0.15) is 0 Å². The van der Waals surface area contributed by atoms with Gasteiger partial charge in [-0.25, -0.2) is 0 Å². The standard InChI is InChI=1S/C11H13BrO2/c12-9-3-1-6-11(7-9)14-8-13-10-4-2-5-10/h1,3,6-7,10H,2,4-5,8H2. The largest absolute Gasteiger partial charge is 0.468 e. The van der Waals surface area contributed by atoms with Crippen LogP contribution in [-0.4, -0.2) is 12.9 Å². The van der Waals surface area contributed by atoms with Crippen molar-refractivity contribution in [1.29, 1.82) is 0 Å². The SMILES string of the molecule is Brc1cccc(OCOC2CCC2)c1. The van der Waals surface area contributed by atoms with Crippen molar-refractivity contribution in [3.05, 3.63) is 28.7 Å². The van der Waals surface area contributed by atoms with E-state index in [1.54, 1.807) is 0 Å². The van der Waals surface area contributed by atoms with Crippen molar-refractivity contribution >= 4 is 15.9 Å². The molecule has 1 aromatic rings. The lowest BCUT2D eigenvalue weighted by atomic mass is 9.96. The number of rotatable bonds is 4. The van der Waals surface area contributed by atoms with Gasteiger partial charge in [0.1, 0.15) is 5.75 Å². The molecule has 0 saturated heterocycles. The highest BCUT2D eigenvalue weighted by molar-refractivity contribution is 9.10. The van der Waals surface area contributed by atoms with Crippen LogP contribution < -0.4 is 4.74 Å². The van der Waals surface area contributed by atoms with Crippen molar-refractivity contribution in [3.8, 4) is 5.75 Å². The zero-order valence-electron chi connectivity index (χ0n) is 7.91. The first kappa shape index (κ1) is 9.99. The highest BCUT2D eigenvalue weighted by atomic mass is 79.9. The van der Waals surface area contributed by atoms with Crippen LogP contribution in [0.1, 0.15) is 19.3 Å². The van der Waals surface area contributed by atoms with Gasteiger partial charge in [-0.3, -0.25) is 0 Å². The number of ether oxygens (including phenoxy) is 2. The second-order valence-electron chi connectivity index (χ2n) is 3.44. The lowest BCUT2D eigenvalue weighted by Gasteiger charge is -2.25. The molecule has 2 rings (SSSR count). The molecule has 1 aromatic carbocycles. The van der Waals surface area contributed by atoms with Gasteiger partial charge in [0, 0.05) is 4.47 Å². The maximum absolute atomic E-state index is 5.48. The highest BCUT2D eigenvalue weighted by Gasteiger charge is 2.17. The number of benzene rings is 1. The fourth-order valence-corrected chi connectivity index (χ4v) is 1.67. The Morgan fingerprint density at radius 3 is 2.86 bits per heavy atom. The van der Waals surface area contributed by atoms with E-state index in [4.69, 9.17) is 9.47 Å². The Hall–Kier alpha value is -0.540. The molecule has 0 radical (unpaired) electrons. The van der Waals surface area contributed by atoms with E-state index in [-0.39, 0.29) is 0 Å². The van der Waals surface area contributed by atoms with Gasteiger partial charge in [0.2, 0.25) is 0 Å². The number of halogens is 1. The van der Waals surface area contributed by atoms with E-state index in [1.165, 1.54) is 19.3 Å². The van der Waals surface area contributed by atoms with Crippen LogP contribution in [0.25, 0.3) is 0 Å². The minimum atomic E-state index is 0.362. The predicted octanol–water partition coefficient (Wildman–Crippen LogP) is 3.35. The average molecular weight is 257 g/mol. The van der Waals surface area contributed by atoms with Gasteiger partial charge in [0.15, 0.2) is 6.79 Å². The Labute approximate surface area is 92.3 Å². The van der Waals surface area contributed by atoms with Gasteiger partial charge in [0.05, 0.1) is 6.10 Å². The first-order valence-electron chi connectivity index (χ1n) is 4.84. The van der Waals surface area contributed by atoms with Crippen molar-refractivity contribution in [2.24, 2.45) is 0 Å². The fraction of sp³-hybridized carbons (Fsp3) is 0.455. The summed E-state index contributed by atoms with van der Waals surface area (Å²) in [6.07, 6.45) is 4.09. The number of hydrogen-bond donors (Lipinski definition) is 0. The van der Waals surface area contributed by atoms with Gasteiger partial charge in [-0.05, 0) is 37.5 Å². The Kier molecular flexibility index (Phi) is 3.43. The summed E-state index contributed by atoms with van der Waals surface area (Å²) in [7, 11) is 0. The molecule has 1 fully saturated rings. The van der Waals surface area contributed by atoms with Crippen LogP contribution in [-0.2, 0) is 4.74 Å². The summed E-state index contributed by atoms with van der Waals surface area (Å²) in [4.78, 5) is 0. The van der Waals surface area contributed by atoms with Crippen molar-refractivity contribution < 1.29 is 9.47 Å². The summed E-state index contributed by atoms with van der Waals surface area (Å²) in [6, 6.07) is 7.78. The minimum Gasteiger partial charge on any atom is -0.468 e. The molecule has 0 amide bonds. The normalized spacial score (nSPS) is 16.4. The van der Waals surface area contributed by atoms with Crippen molar-refractivity contribution in [1.82, 2.24) is 0 Å². The highest BCUT2D eigenvalue weighted by Crippen LogP contribution is 2.22. The molecule has 0 spiro atoms. The zero-order valence-corrected chi connectivity index (χ0v) is 9.50. The molecular formula is C11H13BrO2. The van der Waals surface area contributed by atoms with Crippen LogP contribution in [0.4, 0.5) is 0 Å². The topological polar surface area (TPSA) is 18.5 Å². The van der Waals surface area contributed by atoms with Crippen LogP contribution in [0, 0.1) is 0 Å². The molecule has 3 heteroatoms. The van der Waals surface area contributed by atoms with E-state index >= 15 is 0 Å². The summed E-state index contributed by atoms with van der Waals surface area (Å²) in [5.41, 5.74) is 0. The third-order valence-corrected chi connectivity index (χ3v) is 2.87. The van der Waals surface area contributed by atoms with Crippen LogP contribution in [0.2, 0.25) is 0 Å². The molecule has 1 saturated carbocycles. The fourth-order valence-electron chi connectivity index (χ4n) is 1.29. The van der Waals surface area contributed by atoms with Crippen LogP contribution in [0.3, 0.4) is 0 Å². The molecular weight excluding hydrogens is 244 g/mol. The maximum Gasteiger partial charge on any atom is 0.189 e. The monoisotopic (exact) mass is 256 g/mol. The van der Waals surface area contributed by atoms with E-state index in [2.05, 4.69) is 15.9 Å². The molecule has 1 aliphatic carbocycles. The van der Waals surface area contributed by atoms with Crippen LogP contribution in [0.5, 0.6) is 5.75 Å². The molecule has 0 aliphatic heterocycles. The quantitative estimate of drug-likeness (QED) is 0.770. The molecule has 0 bridgehead atoms. The first-order chi connectivity index (χ1) is 6.84. The summed E-state index contributed by atoms with van der Waals surface area (Å²) in [5.74, 6) is 0.846. The van der Waals surface area contributed by atoms with Gasteiger partial charge in [0.25, 0.3) is 0 Å². The molecule has 2 nitrogen and oxygen atoms in total. The maximum atomic E-state index is 5.48. The summed E-state index contributed by atoms with van der Waals surface area (Å²) >= 11 is 3.39. The molecule has 14 heavy (non-hydrogen) atoms. The lowest BCUT2D eigenvalue weighted by molar-refractivity contribution is -0.0675. The second-order valence-corrected chi connectivity index (χ2v) is 4.35. The average Bonchev–Trinajstić information content (AvgIpc) is 2.09. The molecule has 0 unspecified atom stereocenters. The third kappa shape index (κ3) is 2.72. The minimum absolute atomic E-state index is 0.362. The lowest BCUT2D eigenvalue weighted by Crippen LogP contribution is -2.23. The second kappa shape index (κ2) is 4.80. The Balaban J connectivity index is 1.74. The van der Waals surface area contributed by atoms with Crippen molar-refractivity contribution in [3.63, 3.8) is 0 Å². The predicted molar refractivity (Wildman–Crippen MR) is 58.4 cm³/mol. The van der Waals surface area contributed by atoms with Crippen LogP contribution >= 0.6 is 15.9 Å². The molecule has 0 atom stereocenters. The zero-order chi connectivity index (χ0) is 9.80. The molecule has 76 valence electrons. The van der Waals surface area contributed by atoms with Gasteiger partial charge in [-0.15, -0.1) is 0 Å². The van der Waals surface area contributed by atoms with Crippen molar-refractivity contribution in [2.45, 2.75) is 25.4 Å². The Morgan fingerprint density at radius 2 is 2.21 bits per heavy atom. The van der Waals surface area contributed by atoms with E-state index in [9.17, 15) is 0 Å². The van der Waals surface area contributed by atoms with Crippen LogP contribution in [0.15, 0.2) is 28.7 Å². The Bertz CT molecular complexity index is 297. The smallest absolute Gasteiger partial charge is 0.189 e. The van der Waals surface area contributed by atoms with Gasteiger partial charge in [-0.1, -0.05) is 22.0 Å². The van der Waals surface area contributed by atoms with E-state index in [1.807, 2.05) is 24.3 Å². The van der Waals surface area contributed by atoms with Gasteiger partial charge < -0.3 is 9.47 Å². The molecule has 0 aromatic heterocycles. The Morgan fingerprint density at radius 1 is 1.36 bits per heavy atom. The summed E-state index contributed by atoms with van der Waals surface area (Å²) in [5, 5.41) is 0. The first-order valence-corrected chi connectivity index (χ1v) is 5.64.